The molecule has 0 aliphatic heterocycles. The molecule has 0 radical (unpaired) electrons. The predicted molar refractivity (Wildman–Crippen MR) is 84.5 cm³/mol. The lowest BCUT2D eigenvalue weighted by atomic mass is 9.48. The standard InChI is InChI=1S/C19H26O4/c1-18-6-5-12-10(11(18)3-4-17(18)23)7-14(20)13-8-15(21)16(22)9-19(12,13)2/h7,11-13,15-16,21-22H,3-6,8-9H2,1-2H3/t11-,12-,13?,15?,16?,18-,19+/m0/s1. The highest BCUT2D eigenvalue weighted by molar-refractivity contribution is 5.95. The molecule has 23 heavy (non-hydrogen) atoms. The SMILES string of the molecule is C[C@]12CC(O)C(O)CC1C(=O)C=C1[C@@H]2CC[C@]2(C)C(=O)CC[C@@H]12. The minimum absolute atomic E-state index is 0.0910. The molecule has 2 N–H and O–H groups in total. The van der Waals surface area contributed by atoms with Crippen LogP contribution < -0.4 is 0 Å². The second-order valence-electron chi connectivity index (χ2n) is 8.70. The molecule has 0 saturated heterocycles. The van der Waals surface area contributed by atoms with Crippen LogP contribution in [0.1, 0.15) is 52.4 Å². The summed E-state index contributed by atoms with van der Waals surface area (Å²) < 4.78 is 0. The van der Waals surface area contributed by atoms with E-state index in [-0.39, 0.29) is 34.4 Å². The van der Waals surface area contributed by atoms with Gasteiger partial charge in [-0.05, 0) is 55.4 Å². The van der Waals surface area contributed by atoms with Crippen LogP contribution >= 0.6 is 0 Å². The Kier molecular flexibility index (Phi) is 3.21. The van der Waals surface area contributed by atoms with Gasteiger partial charge in [0.25, 0.3) is 0 Å². The summed E-state index contributed by atoms with van der Waals surface area (Å²) in [6.45, 7) is 4.18. The molecule has 0 heterocycles. The summed E-state index contributed by atoms with van der Waals surface area (Å²) in [5, 5.41) is 20.2. The molecule has 126 valence electrons. The van der Waals surface area contributed by atoms with Crippen molar-refractivity contribution >= 4 is 11.6 Å². The number of allylic oxidation sites excluding steroid dienone is 2. The van der Waals surface area contributed by atoms with Gasteiger partial charge in [0.15, 0.2) is 5.78 Å². The summed E-state index contributed by atoms with van der Waals surface area (Å²) in [7, 11) is 0. The highest BCUT2D eigenvalue weighted by atomic mass is 16.3. The smallest absolute Gasteiger partial charge is 0.159 e. The normalized spacial score (nSPS) is 52.5. The van der Waals surface area contributed by atoms with Gasteiger partial charge in [-0.25, -0.2) is 0 Å². The Balaban J connectivity index is 1.77. The zero-order valence-electron chi connectivity index (χ0n) is 13.9. The first-order valence-corrected chi connectivity index (χ1v) is 8.92. The van der Waals surface area contributed by atoms with E-state index in [0.717, 1.165) is 24.8 Å². The van der Waals surface area contributed by atoms with Crippen molar-refractivity contribution in [2.45, 2.75) is 64.6 Å². The van der Waals surface area contributed by atoms with E-state index < -0.39 is 12.2 Å². The first kappa shape index (κ1) is 15.5. The average molecular weight is 318 g/mol. The van der Waals surface area contributed by atoms with E-state index in [1.54, 1.807) is 0 Å². The highest BCUT2D eigenvalue weighted by Crippen LogP contribution is 2.62. The molecular formula is C19H26O4. The summed E-state index contributed by atoms with van der Waals surface area (Å²) in [5.41, 5.74) is 0.586. The van der Waals surface area contributed by atoms with Crippen LogP contribution in [0.5, 0.6) is 0 Å². The zero-order valence-corrected chi connectivity index (χ0v) is 13.9. The molecule has 0 spiro atoms. The molecule has 4 aliphatic carbocycles. The number of ketones is 2. The molecule has 0 aromatic heterocycles. The third-order valence-corrected chi connectivity index (χ3v) is 7.64. The largest absolute Gasteiger partial charge is 0.390 e. The fourth-order valence-corrected chi connectivity index (χ4v) is 6.18. The van der Waals surface area contributed by atoms with E-state index in [9.17, 15) is 19.8 Å². The second-order valence-corrected chi connectivity index (χ2v) is 8.70. The number of aliphatic hydroxyl groups excluding tert-OH is 2. The summed E-state index contributed by atoms with van der Waals surface area (Å²) in [6.07, 6.45) is 4.37. The predicted octanol–water partition coefficient (Wildman–Crippen LogP) is 2.03. The number of hydrogen-bond donors (Lipinski definition) is 2. The summed E-state index contributed by atoms with van der Waals surface area (Å²) in [6, 6.07) is 0. The minimum Gasteiger partial charge on any atom is -0.390 e. The van der Waals surface area contributed by atoms with Crippen LogP contribution in [0.25, 0.3) is 0 Å². The van der Waals surface area contributed by atoms with Gasteiger partial charge in [-0.15, -0.1) is 0 Å². The Morgan fingerprint density at radius 2 is 1.78 bits per heavy atom. The van der Waals surface area contributed by atoms with Crippen molar-refractivity contribution in [3.05, 3.63) is 11.6 Å². The first-order chi connectivity index (χ1) is 10.8. The van der Waals surface area contributed by atoms with Crippen molar-refractivity contribution in [3.63, 3.8) is 0 Å². The fraction of sp³-hybridized carbons (Fsp3) is 0.789. The molecule has 0 bridgehead atoms. The molecule has 0 aromatic carbocycles. The van der Waals surface area contributed by atoms with E-state index in [1.165, 1.54) is 0 Å². The quantitative estimate of drug-likeness (QED) is 0.717. The van der Waals surface area contributed by atoms with Gasteiger partial charge in [0.05, 0.1) is 12.2 Å². The third kappa shape index (κ3) is 1.91. The lowest BCUT2D eigenvalue weighted by molar-refractivity contribution is -0.144. The maximum absolute atomic E-state index is 12.8. The molecular weight excluding hydrogens is 292 g/mol. The topological polar surface area (TPSA) is 74.6 Å². The fourth-order valence-electron chi connectivity index (χ4n) is 6.18. The molecule has 4 heteroatoms. The molecule has 4 aliphatic rings. The Bertz CT molecular complexity index is 608. The zero-order chi connectivity index (χ0) is 16.6. The molecule has 4 nitrogen and oxygen atoms in total. The van der Waals surface area contributed by atoms with Crippen LogP contribution in [0.3, 0.4) is 0 Å². The van der Waals surface area contributed by atoms with E-state index in [0.29, 0.717) is 25.0 Å². The lowest BCUT2D eigenvalue weighted by Gasteiger charge is -2.56. The third-order valence-electron chi connectivity index (χ3n) is 7.64. The number of carbonyl (C=O) groups is 2. The molecule has 0 aromatic rings. The Morgan fingerprint density at radius 3 is 2.52 bits per heavy atom. The van der Waals surface area contributed by atoms with Gasteiger partial charge in [-0.3, -0.25) is 9.59 Å². The van der Waals surface area contributed by atoms with Crippen molar-refractivity contribution < 1.29 is 19.8 Å². The molecule has 3 unspecified atom stereocenters. The van der Waals surface area contributed by atoms with Gasteiger partial charge in [0, 0.05) is 17.8 Å². The van der Waals surface area contributed by atoms with Crippen molar-refractivity contribution in [3.8, 4) is 0 Å². The Morgan fingerprint density at radius 1 is 1.04 bits per heavy atom. The van der Waals surface area contributed by atoms with E-state index in [2.05, 4.69) is 13.8 Å². The van der Waals surface area contributed by atoms with Crippen LogP contribution in [-0.2, 0) is 9.59 Å². The lowest BCUT2D eigenvalue weighted by Crippen LogP contribution is -2.55. The van der Waals surface area contributed by atoms with Crippen LogP contribution in [0, 0.1) is 28.6 Å². The maximum Gasteiger partial charge on any atom is 0.159 e. The first-order valence-electron chi connectivity index (χ1n) is 8.92. The van der Waals surface area contributed by atoms with Crippen molar-refractivity contribution in [1.29, 1.82) is 0 Å². The van der Waals surface area contributed by atoms with Crippen molar-refractivity contribution in [2.24, 2.45) is 28.6 Å². The van der Waals surface area contributed by atoms with Gasteiger partial charge >= 0.3 is 0 Å². The number of rotatable bonds is 0. The molecule has 7 atom stereocenters. The van der Waals surface area contributed by atoms with Crippen LogP contribution in [0.4, 0.5) is 0 Å². The van der Waals surface area contributed by atoms with E-state index in [1.807, 2.05) is 6.08 Å². The molecule has 0 amide bonds. The molecule has 3 saturated carbocycles. The van der Waals surface area contributed by atoms with E-state index >= 15 is 0 Å². The average Bonchev–Trinajstić information content (AvgIpc) is 2.78. The Hall–Kier alpha value is -1.00. The van der Waals surface area contributed by atoms with Gasteiger partial charge < -0.3 is 10.2 Å². The summed E-state index contributed by atoms with van der Waals surface area (Å²) in [4.78, 5) is 25.1. The van der Waals surface area contributed by atoms with Gasteiger partial charge in [0.2, 0.25) is 0 Å². The van der Waals surface area contributed by atoms with E-state index in [4.69, 9.17) is 0 Å². The van der Waals surface area contributed by atoms with Gasteiger partial charge in [0.1, 0.15) is 5.78 Å². The number of carbonyl (C=O) groups excluding carboxylic acids is 2. The number of Topliss-reactive ketones (excluding diaryl/α,β-unsaturated/α-hetero) is 1. The monoisotopic (exact) mass is 318 g/mol. The minimum atomic E-state index is -0.797. The number of aliphatic hydroxyl groups is 2. The summed E-state index contributed by atoms with van der Waals surface area (Å²) in [5.74, 6) is 0.695. The molecule has 4 rings (SSSR count). The van der Waals surface area contributed by atoms with Gasteiger partial charge in [-0.1, -0.05) is 19.4 Å². The summed E-state index contributed by atoms with van der Waals surface area (Å²) >= 11 is 0. The van der Waals surface area contributed by atoms with Crippen LogP contribution in [-0.4, -0.2) is 34.0 Å². The van der Waals surface area contributed by atoms with Crippen LogP contribution in [0.15, 0.2) is 11.6 Å². The second kappa shape index (κ2) is 4.76. The maximum atomic E-state index is 12.8. The van der Waals surface area contributed by atoms with Gasteiger partial charge in [-0.2, -0.15) is 0 Å². The van der Waals surface area contributed by atoms with Crippen LogP contribution in [0.2, 0.25) is 0 Å². The number of fused-ring (bicyclic) bond motifs is 5. The molecule has 3 fully saturated rings. The number of hydrogen-bond acceptors (Lipinski definition) is 4. The Labute approximate surface area is 137 Å². The van der Waals surface area contributed by atoms with Crippen molar-refractivity contribution in [2.75, 3.05) is 0 Å². The van der Waals surface area contributed by atoms with Crippen molar-refractivity contribution in [1.82, 2.24) is 0 Å². The highest BCUT2D eigenvalue weighted by Gasteiger charge is 2.60.